The molecule has 0 aromatic carbocycles. The molecule has 0 aliphatic heterocycles. The smallest absolute Gasteiger partial charge is 0.145 e. The molecule has 1 fully saturated rings. The molecule has 0 saturated heterocycles. The van der Waals surface area contributed by atoms with Crippen molar-refractivity contribution in [1.82, 2.24) is 0 Å². The number of hydrogen-bond acceptors (Lipinski definition) is 1. The lowest BCUT2D eigenvalue weighted by atomic mass is 10.0. The number of allylic oxidation sites excluding steroid dienone is 4. The summed E-state index contributed by atoms with van der Waals surface area (Å²) in [5.41, 5.74) is 2.86. The van der Waals surface area contributed by atoms with E-state index in [0.29, 0.717) is 11.3 Å². The number of aldehydes is 1. The van der Waals surface area contributed by atoms with Crippen LogP contribution in [-0.2, 0) is 4.79 Å². The summed E-state index contributed by atoms with van der Waals surface area (Å²) in [5, 5.41) is 0. The van der Waals surface area contributed by atoms with Crippen LogP contribution in [0.5, 0.6) is 0 Å². The minimum Gasteiger partial charge on any atom is -0.298 e. The van der Waals surface area contributed by atoms with E-state index in [4.69, 9.17) is 0 Å². The lowest BCUT2D eigenvalue weighted by Crippen LogP contribution is -1.92. The molecule has 0 N–H and O–H groups in total. The summed E-state index contributed by atoms with van der Waals surface area (Å²) in [7, 11) is 0. The average Bonchev–Trinajstić information content (AvgIpc) is 2.76. The zero-order chi connectivity index (χ0) is 11.8. The van der Waals surface area contributed by atoms with Crippen LogP contribution in [0.1, 0.15) is 46.5 Å². The van der Waals surface area contributed by atoms with E-state index in [1.807, 2.05) is 0 Å². The van der Waals surface area contributed by atoms with Gasteiger partial charge >= 0.3 is 0 Å². The van der Waals surface area contributed by atoms with E-state index in [1.165, 1.54) is 18.4 Å². The predicted octanol–water partition coefficient (Wildman–Crippen LogP) is 3.90. The summed E-state index contributed by atoms with van der Waals surface area (Å²) in [6.45, 7) is 6.84. The third-order valence-corrected chi connectivity index (χ3v) is 4.46. The molecule has 2 rings (SSSR count). The van der Waals surface area contributed by atoms with Gasteiger partial charge in [-0.15, -0.1) is 0 Å². The van der Waals surface area contributed by atoms with Crippen LogP contribution < -0.4 is 0 Å². The van der Waals surface area contributed by atoms with E-state index >= 15 is 0 Å². The van der Waals surface area contributed by atoms with Gasteiger partial charge in [-0.05, 0) is 55.4 Å². The molecule has 2 atom stereocenters. The molecule has 0 aromatic rings. The highest BCUT2D eigenvalue weighted by Gasteiger charge is 2.55. The van der Waals surface area contributed by atoms with Crippen molar-refractivity contribution in [3.63, 3.8) is 0 Å². The third kappa shape index (κ3) is 2.14. The molecule has 1 saturated carbocycles. The lowest BCUT2D eigenvalue weighted by molar-refractivity contribution is -0.105. The van der Waals surface area contributed by atoms with Gasteiger partial charge in [0.05, 0.1) is 0 Å². The standard InChI is InChI=1S/C15H22O/c1-11-5-4-6-13-14(15(13,2)3)9-12(10-16)8-7-11/h5,9-10,13-14H,4,6-8H2,1-3H3/b11-5+,12-9+/t13-,14-/m0/s1. The van der Waals surface area contributed by atoms with Crippen LogP contribution >= 0.6 is 0 Å². The van der Waals surface area contributed by atoms with Crippen LogP contribution in [-0.4, -0.2) is 6.29 Å². The Morgan fingerprint density at radius 2 is 2.12 bits per heavy atom. The van der Waals surface area contributed by atoms with E-state index < -0.39 is 0 Å². The highest BCUT2D eigenvalue weighted by atomic mass is 16.1. The quantitative estimate of drug-likeness (QED) is 0.482. The topological polar surface area (TPSA) is 17.1 Å². The first-order valence-electron chi connectivity index (χ1n) is 6.37. The van der Waals surface area contributed by atoms with E-state index in [9.17, 15) is 4.79 Å². The van der Waals surface area contributed by atoms with Crippen molar-refractivity contribution in [1.29, 1.82) is 0 Å². The summed E-state index contributed by atoms with van der Waals surface area (Å²) >= 11 is 0. The van der Waals surface area contributed by atoms with E-state index in [2.05, 4.69) is 32.9 Å². The zero-order valence-corrected chi connectivity index (χ0v) is 10.6. The van der Waals surface area contributed by atoms with Gasteiger partial charge in [0.1, 0.15) is 6.29 Å². The van der Waals surface area contributed by atoms with Gasteiger partial charge in [-0.25, -0.2) is 0 Å². The fraction of sp³-hybridized carbons (Fsp3) is 0.667. The Balaban J connectivity index is 2.18. The molecule has 1 heteroatoms. The zero-order valence-electron chi connectivity index (χ0n) is 10.6. The second-order valence-corrected chi connectivity index (χ2v) is 5.94. The van der Waals surface area contributed by atoms with Gasteiger partial charge in [0.2, 0.25) is 0 Å². The Bertz CT molecular complexity index is 346. The van der Waals surface area contributed by atoms with Crippen LogP contribution in [0.3, 0.4) is 0 Å². The number of fused-ring (bicyclic) bond motifs is 1. The summed E-state index contributed by atoms with van der Waals surface area (Å²) < 4.78 is 0. The van der Waals surface area contributed by atoms with E-state index in [-0.39, 0.29) is 0 Å². The predicted molar refractivity (Wildman–Crippen MR) is 67.1 cm³/mol. The summed E-state index contributed by atoms with van der Waals surface area (Å²) in [6.07, 6.45) is 10.1. The molecule has 0 amide bonds. The Hall–Kier alpha value is -0.850. The molecule has 16 heavy (non-hydrogen) atoms. The van der Waals surface area contributed by atoms with Gasteiger partial charge < -0.3 is 0 Å². The lowest BCUT2D eigenvalue weighted by Gasteiger charge is -2.04. The number of rotatable bonds is 1. The molecule has 88 valence electrons. The van der Waals surface area contributed by atoms with Crippen molar-refractivity contribution in [2.75, 3.05) is 0 Å². The molecule has 1 nitrogen and oxygen atoms in total. The molecule has 0 aromatic heterocycles. The van der Waals surface area contributed by atoms with Crippen molar-refractivity contribution in [3.8, 4) is 0 Å². The minimum absolute atomic E-state index is 0.417. The molecule has 0 radical (unpaired) electrons. The van der Waals surface area contributed by atoms with Crippen LogP contribution in [0.25, 0.3) is 0 Å². The van der Waals surface area contributed by atoms with Gasteiger partial charge in [-0.3, -0.25) is 4.79 Å². The van der Waals surface area contributed by atoms with Crippen molar-refractivity contribution < 1.29 is 4.79 Å². The van der Waals surface area contributed by atoms with Gasteiger partial charge in [-0.1, -0.05) is 31.6 Å². The van der Waals surface area contributed by atoms with E-state index in [1.54, 1.807) is 0 Å². The van der Waals surface area contributed by atoms with E-state index in [0.717, 1.165) is 30.6 Å². The highest BCUT2D eigenvalue weighted by molar-refractivity contribution is 5.73. The molecule has 2 aliphatic rings. The summed E-state index contributed by atoms with van der Waals surface area (Å²) in [5.74, 6) is 1.42. The largest absolute Gasteiger partial charge is 0.298 e. The molecule has 0 unspecified atom stereocenters. The van der Waals surface area contributed by atoms with Gasteiger partial charge in [0, 0.05) is 0 Å². The highest BCUT2D eigenvalue weighted by Crippen LogP contribution is 2.61. The summed E-state index contributed by atoms with van der Waals surface area (Å²) in [6, 6.07) is 0. The maximum atomic E-state index is 11.0. The van der Waals surface area contributed by atoms with Crippen LogP contribution in [0.2, 0.25) is 0 Å². The molecule has 0 heterocycles. The first-order valence-corrected chi connectivity index (χ1v) is 6.37. The third-order valence-electron chi connectivity index (χ3n) is 4.46. The second-order valence-electron chi connectivity index (χ2n) is 5.94. The van der Waals surface area contributed by atoms with Crippen molar-refractivity contribution in [3.05, 3.63) is 23.3 Å². The number of carbonyl (C=O) groups is 1. The summed E-state index contributed by atoms with van der Waals surface area (Å²) in [4.78, 5) is 11.0. The Labute approximate surface area is 98.6 Å². The van der Waals surface area contributed by atoms with Gasteiger partial charge in [0.15, 0.2) is 0 Å². The maximum Gasteiger partial charge on any atom is 0.145 e. The fourth-order valence-electron chi connectivity index (χ4n) is 3.03. The number of carbonyl (C=O) groups excluding carboxylic acids is 1. The number of hydrogen-bond donors (Lipinski definition) is 0. The van der Waals surface area contributed by atoms with Crippen LogP contribution in [0.15, 0.2) is 23.3 Å². The van der Waals surface area contributed by atoms with Crippen molar-refractivity contribution in [2.24, 2.45) is 17.3 Å². The first-order chi connectivity index (χ1) is 7.55. The Morgan fingerprint density at radius 3 is 2.81 bits per heavy atom. The van der Waals surface area contributed by atoms with Crippen molar-refractivity contribution >= 4 is 6.29 Å². The van der Waals surface area contributed by atoms with Gasteiger partial charge in [-0.2, -0.15) is 0 Å². The van der Waals surface area contributed by atoms with Gasteiger partial charge in [0.25, 0.3) is 0 Å². The maximum absolute atomic E-state index is 11.0. The molecule has 2 aliphatic carbocycles. The normalized spacial score (nSPS) is 39.7. The SMILES string of the molecule is C/C1=C\CC[C@H]2[C@H](/C=C(/C=O)CC1)C2(C)C. The molecule has 0 bridgehead atoms. The second kappa shape index (κ2) is 4.20. The van der Waals surface area contributed by atoms with Crippen molar-refractivity contribution in [2.45, 2.75) is 46.5 Å². The first kappa shape index (κ1) is 11.6. The molecular weight excluding hydrogens is 196 g/mol. The van der Waals surface area contributed by atoms with Crippen LogP contribution in [0, 0.1) is 17.3 Å². The monoisotopic (exact) mass is 218 g/mol. The Morgan fingerprint density at radius 1 is 1.38 bits per heavy atom. The Kier molecular flexibility index (Phi) is 3.05. The van der Waals surface area contributed by atoms with Crippen LogP contribution in [0.4, 0.5) is 0 Å². The fourth-order valence-corrected chi connectivity index (χ4v) is 3.03. The minimum atomic E-state index is 0.417. The molecule has 0 spiro atoms. The average molecular weight is 218 g/mol. The molecular formula is C15H22O.